The number of amides is 1. The van der Waals surface area contributed by atoms with Crippen molar-refractivity contribution < 1.29 is 95.3 Å². The van der Waals surface area contributed by atoms with Gasteiger partial charge in [0.05, 0.1) is 133 Å². The lowest BCUT2D eigenvalue weighted by molar-refractivity contribution is 0.00797. The minimum absolute atomic E-state index is 0.0229. The topological polar surface area (TPSA) is 439 Å². The molecule has 1 amide bonds. The smallest absolute Gasteiger partial charge is 0.410 e. The van der Waals surface area contributed by atoms with Gasteiger partial charge in [0.15, 0.2) is 28.9 Å². The number of aromatic nitrogens is 10. The SMILES string of the molecule is CCCS(=O)(=O)N1CC(Oc2cc(C)nc(C(=O)Cc3ccc(C)cn3)c2)C1.CCCS(=O)(=O)N1CC(Oc2cc(C)nc(C(=O)Cc3nc(C)cs3)c2)C1.CCS(=O)(=O)N1CC(Oc2cc(C)nc(C(=O)Cc3nc(C)cs3)c2)C1.Cc1cc(OC2CN(C(=O)OCC(C)C)C2)cc(C(=O)Cc2ccc(F)cn2)n1.Cc1cc(OC2CN(S(=O)(=O)CC(C)C)C2)cc(C(=O)Cc2nc(C)cs2)n1. The van der Waals surface area contributed by atoms with Crippen molar-refractivity contribution >= 4 is 109 Å². The largest absolute Gasteiger partial charge is 0.488 e. The number of carbonyl (C=O) groups excluding carboxylic acids is 6. The lowest BCUT2D eigenvalue weighted by Crippen LogP contribution is -2.56. The third kappa shape index (κ3) is 32.1. The highest BCUT2D eigenvalue weighted by atomic mass is 32.2. The monoisotopic (exact) mass is 2030 g/mol. The van der Waals surface area contributed by atoms with Crippen LogP contribution >= 0.6 is 34.0 Å². The molecule has 0 aliphatic carbocycles. The molecule has 0 saturated carbocycles. The van der Waals surface area contributed by atoms with Crippen LogP contribution in [-0.2, 0) is 76.9 Å². The van der Waals surface area contributed by atoms with E-state index in [9.17, 15) is 66.8 Å². The molecule has 5 aliphatic heterocycles. The summed E-state index contributed by atoms with van der Waals surface area (Å²) in [5.74, 6) is 2.42. The van der Waals surface area contributed by atoms with Gasteiger partial charge in [-0.25, -0.2) is 82.7 Å². The average Bonchev–Trinajstić information content (AvgIpc) is 1.10. The molecule has 0 atom stereocenters. The van der Waals surface area contributed by atoms with Crippen molar-refractivity contribution in [3.05, 3.63) is 225 Å². The van der Waals surface area contributed by atoms with Gasteiger partial charge in [-0.2, -0.15) is 17.2 Å². The molecule has 0 bridgehead atoms. The van der Waals surface area contributed by atoms with E-state index in [0.29, 0.717) is 176 Å². The summed E-state index contributed by atoms with van der Waals surface area (Å²) in [6, 6.07) is 23.3. The van der Waals surface area contributed by atoms with Gasteiger partial charge in [0.25, 0.3) is 0 Å². The molecule has 10 aromatic rings. The van der Waals surface area contributed by atoms with E-state index in [-0.39, 0.29) is 138 Å². The predicted octanol–water partition coefficient (Wildman–Crippen LogP) is 12.5. The van der Waals surface area contributed by atoms with Crippen LogP contribution in [0.25, 0.3) is 0 Å². The van der Waals surface area contributed by atoms with E-state index in [2.05, 4.69) is 49.8 Å². The first-order valence-corrected chi connectivity index (χ1v) is 54.3. The van der Waals surface area contributed by atoms with E-state index in [1.807, 2.05) is 97.5 Å². The number of nitrogens with zero attached hydrogens (tertiary/aromatic N) is 15. The number of Topliss-reactive ketones (excluding diaryl/α,β-unsaturated/α-hetero) is 5. The lowest BCUT2D eigenvalue weighted by atomic mass is 10.1. The number of thiazole rings is 3. The number of sulfonamides is 4. The molecule has 0 spiro atoms. The molecule has 0 radical (unpaired) electrons. The maximum absolute atomic E-state index is 13.0. The van der Waals surface area contributed by atoms with Gasteiger partial charge < -0.3 is 33.3 Å². The molecule has 0 N–H and O–H groups in total. The Hall–Kier alpha value is -10.9. The molecule has 35 nitrogen and oxygen atoms in total. The van der Waals surface area contributed by atoms with Gasteiger partial charge in [0, 0.05) is 140 Å². The Bertz CT molecular complexity index is 6440. The second kappa shape index (κ2) is 48.3. The third-order valence-corrected chi connectivity index (χ3v) is 32.2. The van der Waals surface area contributed by atoms with Gasteiger partial charge in [0.1, 0.15) is 109 Å². The van der Waals surface area contributed by atoms with Crippen LogP contribution in [0.2, 0.25) is 0 Å². The minimum atomic E-state index is -3.23. The standard InChI is InChI=1S/C21H24FN3O4.C20H25N3O4S.C19H25N3O4S2.C18H23N3O4S2.C17H21N3O4S2/c1-13(2)12-28-21(27)25-10-18(11-25)29-17-6-14(3)24-19(8-17)20(26)7-16-5-4-15(22)9-23-16;1-4-7-28(25,26)23-12-18(13-23)27-17-8-15(3)22-19(10-17)20(24)9-16-6-5-14(2)11-21-16;1-12(2)11-28(24,25)22-8-16(9-22)26-15-5-13(3)20-17(6-15)18(23)7-19-21-14(4)10-27-19;1-4-5-27(23,24)21-9-15(10-21)25-14-6-12(2)19-16(7-14)17(22)8-18-20-13(3)11-26-18;1-4-26(22,23)20-8-14(9-20)24-13-5-11(2)18-15(6-13)16(21)7-17-19-12(3)10-25-17/h4-6,8-9,13,18H,7,10-12H2,1-3H3;5-6,8,10-11,18H,4,7,9,12-13H2,1-3H3;5-6,10,12,16H,7-9,11H2,1-4H3;6-7,11,15H,4-5,8-10H2,1-3H3;5-6,10,14H,4,7-9H2,1-3H3. The molecule has 43 heteroatoms. The molecular weight excluding hydrogens is 1910 g/mol. The Morgan fingerprint density at radius 2 is 0.667 bits per heavy atom. The highest BCUT2D eigenvalue weighted by Crippen LogP contribution is 2.31. The summed E-state index contributed by atoms with van der Waals surface area (Å²) in [5.41, 5.74) is 9.86. The fourth-order valence-corrected chi connectivity index (χ4v) is 22.7. The molecular formula is C95H118FN15O20S7. The van der Waals surface area contributed by atoms with Crippen LogP contribution in [0.5, 0.6) is 28.7 Å². The summed E-state index contributed by atoms with van der Waals surface area (Å²) >= 11 is 4.37. The van der Waals surface area contributed by atoms with E-state index in [1.165, 1.54) is 63.4 Å². The van der Waals surface area contributed by atoms with Gasteiger partial charge in [0.2, 0.25) is 40.1 Å². The second-order valence-electron chi connectivity index (χ2n) is 35.1. The van der Waals surface area contributed by atoms with Crippen molar-refractivity contribution in [2.75, 3.05) is 95.1 Å². The highest BCUT2D eigenvalue weighted by molar-refractivity contribution is 7.90. The molecule has 0 unspecified atom stereocenters. The van der Waals surface area contributed by atoms with Gasteiger partial charge >= 0.3 is 6.09 Å². The molecule has 5 fully saturated rings. The Morgan fingerprint density at radius 3 is 0.935 bits per heavy atom. The quantitative estimate of drug-likeness (QED) is 0.0324. The first-order chi connectivity index (χ1) is 65.2. The number of hydrogen-bond acceptors (Lipinski definition) is 33. The van der Waals surface area contributed by atoms with Crippen LogP contribution in [0.15, 0.2) is 113 Å². The lowest BCUT2D eigenvalue weighted by Gasteiger charge is -2.38. The fourth-order valence-electron chi connectivity index (χ4n) is 14.2. The van der Waals surface area contributed by atoms with Crippen LogP contribution in [0.1, 0.15) is 191 Å². The van der Waals surface area contributed by atoms with E-state index < -0.39 is 45.9 Å². The number of likely N-dealkylation sites (tertiary alicyclic amines) is 1. The Kier molecular flexibility index (Phi) is 37.7. The zero-order chi connectivity index (χ0) is 100. The molecule has 10 aromatic heterocycles. The van der Waals surface area contributed by atoms with Crippen molar-refractivity contribution in [2.24, 2.45) is 11.8 Å². The number of hydrogen-bond donors (Lipinski definition) is 0. The highest BCUT2D eigenvalue weighted by Gasteiger charge is 2.42. The van der Waals surface area contributed by atoms with Gasteiger partial charge in [-0.15, -0.1) is 34.0 Å². The summed E-state index contributed by atoms with van der Waals surface area (Å²) < 4.78 is 149. The van der Waals surface area contributed by atoms with Crippen molar-refractivity contribution in [1.82, 2.24) is 72.0 Å². The maximum Gasteiger partial charge on any atom is 0.410 e. The Balaban J connectivity index is 0.000000165. The second-order valence-corrected chi connectivity index (χ2v) is 46.4. The predicted molar refractivity (Wildman–Crippen MR) is 521 cm³/mol. The van der Waals surface area contributed by atoms with E-state index >= 15 is 0 Å². The van der Waals surface area contributed by atoms with E-state index in [1.54, 1.807) is 113 Å². The molecule has 15 heterocycles. The zero-order valence-corrected chi connectivity index (χ0v) is 85.9. The van der Waals surface area contributed by atoms with Gasteiger partial charge in [-0.05, 0) is 118 Å². The average molecular weight is 2030 g/mol. The van der Waals surface area contributed by atoms with Crippen LogP contribution in [0.4, 0.5) is 9.18 Å². The molecule has 742 valence electrons. The summed E-state index contributed by atoms with van der Waals surface area (Å²) in [6.07, 6.45) is 3.47. The van der Waals surface area contributed by atoms with E-state index in [0.717, 1.165) is 43.9 Å². The van der Waals surface area contributed by atoms with Crippen LogP contribution in [0, 0.1) is 80.0 Å². The number of ether oxygens (including phenoxy) is 6. The normalized spacial score (nSPS) is 15.2. The number of pyridine rings is 7. The van der Waals surface area contributed by atoms with Crippen molar-refractivity contribution in [3.8, 4) is 28.7 Å². The number of halogens is 1. The summed E-state index contributed by atoms with van der Waals surface area (Å²) in [7, 11) is -12.8. The first kappa shape index (κ1) is 108. The van der Waals surface area contributed by atoms with Crippen molar-refractivity contribution in [2.45, 2.75) is 186 Å². The maximum atomic E-state index is 13.0. The summed E-state index contributed by atoms with van der Waals surface area (Å²) in [4.78, 5) is 119. The molecule has 0 aromatic carbocycles. The zero-order valence-electron chi connectivity index (χ0n) is 80.2. The first-order valence-electron chi connectivity index (χ1n) is 45.2. The van der Waals surface area contributed by atoms with Crippen LogP contribution in [0.3, 0.4) is 0 Å². The van der Waals surface area contributed by atoms with Gasteiger partial charge in [-0.3, -0.25) is 33.9 Å². The summed E-state index contributed by atoms with van der Waals surface area (Å²) in [6.45, 7) is 33.6. The molecule has 138 heavy (non-hydrogen) atoms. The van der Waals surface area contributed by atoms with Crippen LogP contribution < -0.4 is 23.7 Å². The number of rotatable bonds is 38. The van der Waals surface area contributed by atoms with E-state index in [4.69, 9.17) is 28.4 Å². The third-order valence-electron chi connectivity index (χ3n) is 21.3. The Labute approximate surface area is 817 Å². The molecule has 15 rings (SSSR count). The van der Waals surface area contributed by atoms with Gasteiger partial charge in [-0.1, -0.05) is 47.6 Å². The Morgan fingerprint density at radius 1 is 0.370 bits per heavy atom. The fraction of sp³-hybridized carbons (Fsp3) is 0.474. The van der Waals surface area contributed by atoms with Crippen molar-refractivity contribution in [1.29, 1.82) is 0 Å². The molecule has 5 saturated heterocycles. The number of ketones is 5. The number of carbonyl (C=O) groups is 6. The summed E-state index contributed by atoms with van der Waals surface area (Å²) in [5, 5.41) is 8.02. The van der Waals surface area contributed by atoms with Crippen LogP contribution in [-0.4, -0.2) is 266 Å². The molecule has 5 aliphatic rings. The number of aryl methyl sites for hydroxylation is 9. The van der Waals surface area contributed by atoms with Crippen molar-refractivity contribution in [3.63, 3.8) is 0 Å². The minimum Gasteiger partial charge on any atom is -0.488 e.